The highest BCUT2D eigenvalue weighted by Gasteiger charge is 2.12. The lowest BCUT2D eigenvalue weighted by molar-refractivity contribution is 0.628. The van der Waals surface area contributed by atoms with Crippen LogP contribution in [0.5, 0.6) is 0 Å². The number of aromatic nitrogens is 2. The summed E-state index contributed by atoms with van der Waals surface area (Å²) >= 11 is 12.1. The van der Waals surface area contributed by atoms with Gasteiger partial charge in [-0.25, -0.2) is 14.4 Å². The van der Waals surface area contributed by atoms with Gasteiger partial charge >= 0.3 is 0 Å². The third-order valence-corrected chi connectivity index (χ3v) is 3.31. The van der Waals surface area contributed by atoms with Gasteiger partial charge in [-0.2, -0.15) is 0 Å². The Morgan fingerprint density at radius 1 is 1.22 bits per heavy atom. The summed E-state index contributed by atoms with van der Waals surface area (Å²) < 4.78 is 13.0. The first-order valence-electron chi connectivity index (χ1n) is 5.51. The van der Waals surface area contributed by atoms with Crippen LogP contribution < -0.4 is 0 Å². The molecule has 5 heteroatoms. The molecule has 0 saturated carbocycles. The van der Waals surface area contributed by atoms with E-state index in [1.54, 1.807) is 6.07 Å². The summed E-state index contributed by atoms with van der Waals surface area (Å²) in [5.74, 6) is 0.0245. The van der Waals surface area contributed by atoms with Crippen molar-refractivity contribution in [3.8, 4) is 11.4 Å². The van der Waals surface area contributed by atoms with E-state index in [0.29, 0.717) is 16.5 Å². The first-order valence-corrected chi connectivity index (χ1v) is 6.27. The molecule has 94 valence electrons. The number of hydrogen-bond acceptors (Lipinski definition) is 2. The summed E-state index contributed by atoms with van der Waals surface area (Å²) in [6.07, 6.45) is 0.766. The van der Waals surface area contributed by atoms with Crippen LogP contribution in [0.2, 0.25) is 10.2 Å². The van der Waals surface area contributed by atoms with E-state index < -0.39 is 5.82 Å². The van der Waals surface area contributed by atoms with Crippen molar-refractivity contribution in [1.29, 1.82) is 0 Å². The van der Waals surface area contributed by atoms with Crippen molar-refractivity contribution in [3.05, 3.63) is 45.4 Å². The molecule has 0 amide bonds. The van der Waals surface area contributed by atoms with Gasteiger partial charge in [-0.15, -0.1) is 0 Å². The largest absolute Gasteiger partial charge is 0.233 e. The summed E-state index contributed by atoms with van der Waals surface area (Å²) in [4.78, 5) is 8.58. The van der Waals surface area contributed by atoms with Crippen molar-refractivity contribution < 1.29 is 4.39 Å². The predicted molar refractivity (Wildman–Crippen MR) is 71.6 cm³/mol. The number of benzene rings is 1. The Kier molecular flexibility index (Phi) is 3.83. The van der Waals surface area contributed by atoms with Crippen LogP contribution in [0.4, 0.5) is 4.39 Å². The Bertz CT molecular complexity index is 577. The van der Waals surface area contributed by atoms with Crippen LogP contribution in [0.25, 0.3) is 11.4 Å². The number of hydrogen-bond donors (Lipinski definition) is 0. The molecule has 0 aliphatic carbocycles. The van der Waals surface area contributed by atoms with E-state index in [9.17, 15) is 4.39 Å². The van der Waals surface area contributed by atoms with Crippen LogP contribution in [0.3, 0.4) is 0 Å². The smallest absolute Gasteiger partial charge is 0.162 e. The molecule has 0 unspecified atom stereocenters. The lowest BCUT2D eigenvalue weighted by Gasteiger charge is -2.08. The predicted octanol–water partition coefficient (Wildman–Crippen LogP) is 4.46. The maximum Gasteiger partial charge on any atom is 0.162 e. The fraction of sp³-hybridized carbons (Fsp3) is 0.231. The Morgan fingerprint density at radius 2 is 1.94 bits per heavy atom. The highest BCUT2D eigenvalue weighted by Crippen LogP contribution is 2.28. The summed E-state index contributed by atoms with van der Waals surface area (Å²) in [6.45, 7) is 3.86. The molecule has 0 atom stereocenters. The van der Waals surface area contributed by atoms with Crippen molar-refractivity contribution in [2.45, 2.75) is 20.3 Å². The van der Waals surface area contributed by atoms with Crippen LogP contribution in [-0.2, 0) is 6.42 Å². The second-order valence-corrected chi connectivity index (χ2v) is 4.64. The fourth-order valence-corrected chi connectivity index (χ4v) is 2.36. The standard InChI is InChI=1S/C13H11Cl2FN2/c1-3-9-7(2)17-13(18-12(9)15)10-5-4-8(16)6-11(10)14/h4-6H,3H2,1-2H3. The van der Waals surface area contributed by atoms with Crippen molar-refractivity contribution in [1.82, 2.24) is 9.97 Å². The quantitative estimate of drug-likeness (QED) is 0.761. The van der Waals surface area contributed by atoms with Crippen molar-refractivity contribution in [2.75, 3.05) is 0 Å². The molecule has 1 heterocycles. The second kappa shape index (κ2) is 5.21. The molecule has 2 nitrogen and oxygen atoms in total. The van der Waals surface area contributed by atoms with Gasteiger partial charge in [-0.05, 0) is 31.5 Å². The van der Waals surface area contributed by atoms with Gasteiger partial charge in [-0.1, -0.05) is 30.1 Å². The molecule has 1 aromatic heterocycles. The molecule has 0 spiro atoms. The average molecular weight is 285 g/mol. The van der Waals surface area contributed by atoms with Gasteiger partial charge in [0.05, 0.1) is 5.02 Å². The topological polar surface area (TPSA) is 25.8 Å². The van der Waals surface area contributed by atoms with Gasteiger partial charge in [0.1, 0.15) is 11.0 Å². The van der Waals surface area contributed by atoms with E-state index >= 15 is 0 Å². The monoisotopic (exact) mass is 284 g/mol. The zero-order valence-electron chi connectivity index (χ0n) is 9.97. The van der Waals surface area contributed by atoms with Gasteiger partial charge in [-0.3, -0.25) is 0 Å². The van der Waals surface area contributed by atoms with Crippen LogP contribution in [0, 0.1) is 12.7 Å². The van der Waals surface area contributed by atoms with E-state index in [2.05, 4.69) is 9.97 Å². The van der Waals surface area contributed by atoms with E-state index in [-0.39, 0.29) is 5.02 Å². The van der Waals surface area contributed by atoms with Crippen molar-refractivity contribution in [2.24, 2.45) is 0 Å². The third-order valence-electron chi connectivity index (χ3n) is 2.69. The van der Waals surface area contributed by atoms with Gasteiger partial charge in [0, 0.05) is 16.8 Å². The first kappa shape index (κ1) is 13.2. The molecule has 0 fully saturated rings. The summed E-state index contributed by atoms with van der Waals surface area (Å²) in [6, 6.07) is 4.10. The zero-order valence-corrected chi connectivity index (χ0v) is 11.5. The van der Waals surface area contributed by atoms with E-state index in [4.69, 9.17) is 23.2 Å². The van der Waals surface area contributed by atoms with E-state index in [1.807, 2.05) is 13.8 Å². The van der Waals surface area contributed by atoms with Gasteiger partial charge < -0.3 is 0 Å². The minimum absolute atomic E-state index is 0.273. The normalized spacial score (nSPS) is 10.7. The van der Waals surface area contributed by atoms with E-state index in [0.717, 1.165) is 17.7 Å². The van der Waals surface area contributed by atoms with Gasteiger partial charge in [0.25, 0.3) is 0 Å². The molecule has 0 aliphatic rings. The van der Waals surface area contributed by atoms with E-state index in [1.165, 1.54) is 12.1 Å². The molecular formula is C13H11Cl2FN2. The van der Waals surface area contributed by atoms with Crippen LogP contribution in [0.15, 0.2) is 18.2 Å². The number of nitrogens with zero attached hydrogens (tertiary/aromatic N) is 2. The Labute approximate surface area is 115 Å². The minimum atomic E-state index is -0.392. The van der Waals surface area contributed by atoms with Crippen LogP contribution >= 0.6 is 23.2 Å². The van der Waals surface area contributed by atoms with Crippen molar-refractivity contribution >= 4 is 23.2 Å². The summed E-state index contributed by atoms with van der Waals surface area (Å²) in [5, 5.41) is 0.690. The van der Waals surface area contributed by atoms with Gasteiger partial charge in [0.15, 0.2) is 5.82 Å². The molecule has 2 aromatic rings. The Hall–Kier alpha value is -1.19. The highest BCUT2D eigenvalue weighted by molar-refractivity contribution is 6.33. The summed E-state index contributed by atoms with van der Waals surface area (Å²) in [7, 11) is 0. The SMILES string of the molecule is CCc1c(C)nc(-c2ccc(F)cc2Cl)nc1Cl. The maximum atomic E-state index is 13.0. The molecular weight excluding hydrogens is 274 g/mol. The van der Waals surface area contributed by atoms with Gasteiger partial charge in [0.2, 0.25) is 0 Å². The maximum absolute atomic E-state index is 13.0. The Morgan fingerprint density at radius 3 is 2.50 bits per heavy atom. The Balaban J connectivity index is 2.58. The lowest BCUT2D eigenvalue weighted by Crippen LogP contribution is -1.99. The number of aryl methyl sites for hydroxylation is 1. The molecule has 0 aliphatic heterocycles. The first-order chi connectivity index (χ1) is 8.52. The van der Waals surface area contributed by atoms with Crippen LogP contribution in [-0.4, -0.2) is 9.97 Å². The highest BCUT2D eigenvalue weighted by atomic mass is 35.5. The average Bonchev–Trinajstić information content (AvgIpc) is 2.28. The third kappa shape index (κ3) is 2.47. The molecule has 0 saturated heterocycles. The fourth-order valence-electron chi connectivity index (χ4n) is 1.75. The second-order valence-electron chi connectivity index (χ2n) is 3.88. The van der Waals surface area contributed by atoms with Crippen LogP contribution in [0.1, 0.15) is 18.2 Å². The molecule has 0 radical (unpaired) electrons. The lowest BCUT2D eigenvalue weighted by atomic mass is 10.1. The number of halogens is 3. The molecule has 0 N–H and O–H groups in total. The number of rotatable bonds is 2. The summed E-state index contributed by atoms with van der Waals surface area (Å²) in [5.41, 5.74) is 2.30. The molecule has 2 rings (SSSR count). The molecule has 18 heavy (non-hydrogen) atoms. The zero-order chi connectivity index (χ0) is 13.3. The molecule has 0 bridgehead atoms. The minimum Gasteiger partial charge on any atom is -0.233 e. The van der Waals surface area contributed by atoms with Crippen molar-refractivity contribution in [3.63, 3.8) is 0 Å². The molecule has 1 aromatic carbocycles.